The van der Waals surface area contributed by atoms with E-state index in [1.807, 2.05) is 6.07 Å². The molecule has 0 spiro atoms. The third-order valence-electron chi connectivity index (χ3n) is 3.72. The van der Waals surface area contributed by atoms with Crippen molar-refractivity contribution in [3.63, 3.8) is 0 Å². The number of aromatic nitrogens is 1. The Labute approximate surface area is 130 Å². The molecule has 1 aromatic rings. The van der Waals surface area contributed by atoms with Crippen molar-refractivity contribution in [2.75, 3.05) is 13.1 Å². The zero-order valence-electron chi connectivity index (χ0n) is 11.8. The minimum atomic E-state index is -0.756. The fraction of sp³-hybridized carbons (Fsp3) is 0.571. The Morgan fingerprint density at radius 3 is 2.50 bits per heavy atom. The van der Waals surface area contributed by atoms with E-state index >= 15 is 0 Å². The van der Waals surface area contributed by atoms with Gasteiger partial charge in [-0.1, -0.05) is 11.6 Å². The fourth-order valence-corrected chi connectivity index (χ4v) is 2.62. The number of hydrogen-bond donors (Lipinski definition) is 1. The largest absolute Gasteiger partial charge is 0.481 e. The summed E-state index contributed by atoms with van der Waals surface area (Å²) in [7, 11) is 0. The zero-order chi connectivity index (χ0) is 14.2. The van der Waals surface area contributed by atoms with Crippen LogP contribution in [0, 0.1) is 5.92 Å². The number of likely N-dealkylation sites (tertiary alicyclic amines) is 1. The molecule has 112 valence electrons. The zero-order valence-corrected chi connectivity index (χ0v) is 13.4. The average molecular weight is 319 g/mol. The van der Waals surface area contributed by atoms with Gasteiger partial charge < -0.3 is 5.11 Å². The first-order chi connectivity index (χ1) is 8.79. The number of pyridine rings is 1. The molecule has 1 saturated heterocycles. The quantitative estimate of drug-likeness (QED) is 0.910. The molecule has 2 rings (SSSR count). The third-order valence-corrected chi connectivity index (χ3v) is 3.94. The second kappa shape index (κ2) is 6.29. The summed E-state index contributed by atoms with van der Waals surface area (Å²) in [5, 5.41) is 9.97. The maximum absolute atomic E-state index is 11.4. The topological polar surface area (TPSA) is 53.4 Å². The van der Waals surface area contributed by atoms with Gasteiger partial charge in [0.25, 0.3) is 0 Å². The third kappa shape index (κ3) is 3.62. The highest BCUT2D eigenvalue weighted by Crippen LogP contribution is 2.35. The number of nitrogens with zero attached hydrogens (tertiary/aromatic N) is 2. The second-order valence-electron chi connectivity index (χ2n) is 6.03. The summed E-state index contributed by atoms with van der Waals surface area (Å²) < 4.78 is 0. The van der Waals surface area contributed by atoms with E-state index in [9.17, 15) is 9.90 Å². The highest BCUT2D eigenvalue weighted by atomic mass is 35.5. The second-order valence-corrected chi connectivity index (χ2v) is 6.46. The first-order valence-corrected chi connectivity index (χ1v) is 6.76. The van der Waals surface area contributed by atoms with Crippen LogP contribution in [0.2, 0.25) is 5.02 Å². The van der Waals surface area contributed by atoms with Crippen LogP contribution in [0.1, 0.15) is 32.4 Å². The van der Waals surface area contributed by atoms with Crippen LogP contribution in [-0.4, -0.2) is 39.6 Å². The number of rotatable bonds is 2. The smallest absolute Gasteiger partial charge is 0.308 e. The van der Waals surface area contributed by atoms with E-state index in [2.05, 4.69) is 30.7 Å². The first kappa shape index (κ1) is 17.2. The molecule has 4 nitrogen and oxygen atoms in total. The SMILES string of the molecule is CC(C)(C)N1CC(C(=O)O)C(c2ccc(Cl)cn2)C1.Cl. The summed E-state index contributed by atoms with van der Waals surface area (Å²) in [6, 6.07) is 3.59. The van der Waals surface area contributed by atoms with Gasteiger partial charge in [-0.15, -0.1) is 12.4 Å². The van der Waals surface area contributed by atoms with Crippen LogP contribution in [0.3, 0.4) is 0 Å². The van der Waals surface area contributed by atoms with E-state index in [0.29, 0.717) is 11.6 Å². The van der Waals surface area contributed by atoms with Crippen molar-refractivity contribution >= 4 is 30.0 Å². The molecule has 1 aromatic heterocycles. The van der Waals surface area contributed by atoms with Gasteiger partial charge in [-0.3, -0.25) is 14.7 Å². The summed E-state index contributed by atoms with van der Waals surface area (Å²) in [5.74, 6) is -1.24. The van der Waals surface area contributed by atoms with Gasteiger partial charge in [-0.2, -0.15) is 0 Å². The first-order valence-electron chi connectivity index (χ1n) is 6.38. The summed E-state index contributed by atoms with van der Waals surface area (Å²) in [5.41, 5.74) is 0.776. The van der Waals surface area contributed by atoms with Crippen molar-refractivity contribution in [3.8, 4) is 0 Å². The van der Waals surface area contributed by atoms with Crippen molar-refractivity contribution in [3.05, 3.63) is 29.0 Å². The molecule has 6 heteroatoms. The lowest BCUT2D eigenvalue weighted by Crippen LogP contribution is -2.40. The minimum absolute atomic E-state index is 0. The molecule has 0 bridgehead atoms. The Morgan fingerprint density at radius 2 is 2.05 bits per heavy atom. The molecule has 0 saturated carbocycles. The number of carbonyl (C=O) groups is 1. The van der Waals surface area contributed by atoms with Crippen molar-refractivity contribution in [2.45, 2.75) is 32.2 Å². The molecule has 1 N–H and O–H groups in total. The van der Waals surface area contributed by atoms with Crippen LogP contribution >= 0.6 is 24.0 Å². The number of halogens is 2. The molecular formula is C14H20Cl2N2O2. The molecule has 1 fully saturated rings. The summed E-state index contributed by atoms with van der Waals surface area (Å²) in [4.78, 5) is 17.9. The Hall–Kier alpha value is -0.840. The van der Waals surface area contributed by atoms with Crippen LogP contribution in [0.15, 0.2) is 18.3 Å². The van der Waals surface area contributed by atoms with E-state index in [0.717, 1.165) is 12.2 Å². The molecule has 0 radical (unpaired) electrons. The Bertz CT molecular complexity index is 471. The van der Waals surface area contributed by atoms with Crippen LogP contribution in [0.25, 0.3) is 0 Å². The molecular weight excluding hydrogens is 299 g/mol. The van der Waals surface area contributed by atoms with Gasteiger partial charge in [0.2, 0.25) is 0 Å². The summed E-state index contributed by atoms with van der Waals surface area (Å²) in [6.45, 7) is 7.58. The van der Waals surface area contributed by atoms with E-state index < -0.39 is 11.9 Å². The molecule has 2 heterocycles. The Morgan fingerprint density at radius 1 is 1.40 bits per heavy atom. The van der Waals surface area contributed by atoms with Crippen LogP contribution in [0.5, 0.6) is 0 Å². The van der Waals surface area contributed by atoms with Gasteiger partial charge in [0.05, 0.1) is 10.9 Å². The summed E-state index contributed by atoms with van der Waals surface area (Å²) >= 11 is 5.83. The molecule has 2 unspecified atom stereocenters. The van der Waals surface area contributed by atoms with Gasteiger partial charge in [0.1, 0.15) is 0 Å². The van der Waals surface area contributed by atoms with Crippen LogP contribution < -0.4 is 0 Å². The number of aliphatic carboxylic acids is 1. The van der Waals surface area contributed by atoms with Gasteiger partial charge in [-0.25, -0.2) is 0 Å². The molecule has 0 aliphatic carbocycles. The predicted octanol–water partition coefficient (Wildman–Crippen LogP) is 3.06. The van der Waals surface area contributed by atoms with Crippen LogP contribution in [0.4, 0.5) is 0 Å². The fourth-order valence-electron chi connectivity index (χ4n) is 2.51. The molecule has 2 atom stereocenters. The number of carboxylic acid groups (broad SMARTS) is 1. The van der Waals surface area contributed by atoms with Crippen LogP contribution in [-0.2, 0) is 4.79 Å². The van der Waals surface area contributed by atoms with E-state index in [-0.39, 0.29) is 23.9 Å². The van der Waals surface area contributed by atoms with E-state index in [4.69, 9.17) is 11.6 Å². The maximum atomic E-state index is 11.4. The lowest BCUT2D eigenvalue weighted by atomic mass is 9.93. The van der Waals surface area contributed by atoms with E-state index in [1.165, 1.54) is 0 Å². The normalized spacial score (nSPS) is 23.4. The molecule has 1 aliphatic rings. The average Bonchev–Trinajstić information content (AvgIpc) is 2.74. The van der Waals surface area contributed by atoms with Gasteiger partial charge in [0, 0.05) is 36.4 Å². The molecule has 20 heavy (non-hydrogen) atoms. The van der Waals surface area contributed by atoms with Crippen molar-refractivity contribution in [1.82, 2.24) is 9.88 Å². The lowest BCUT2D eigenvalue weighted by Gasteiger charge is -2.31. The molecule has 1 aliphatic heterocycles. The molecule has 0 aromatic carbocycles. The highest BCUT2D eigenvalue weighted by Gasteiger charge is 2.42. The van der Waals surface area contributed by atoms with Gasteiger partial charge in [0.15, 0.2) is 0 Å². The van der Waals surface area contributed by atoms with Crippen molar-refractivity contribution in [1.29, 1.82) is 0 Å². The predicted molar refractivity (Wildman–Crippen MR) is 81.7 cm³/mol. The standard InChI is InChI=1S/C14H19ClN2O2.ClH/c1-14(2,3)17-7-10(11(8-17)13(18)19)12-5-4-9(15)6-16-12;/h4-6,10-11H,7-8H2,1-3H3,(H,18,19);1H. The lowest BCUT2D eigenvalue weighted by molar-refractivity contribution is -0.141. The summed E-state index contributed by atoms with van der Waals surface area (Å²) in [6.07, 6.45) is 1.58. The van der Waals surface area contributed by atoms with E-state index in [1.54, 1.807) is 12.3 Å². The number of hydrogen-bond acceptors (Lipinski definition) is 3. The van der Waals surface area contributed by atoms with Gasteiger partial charge in [-0.05, 0) is 32.9 Å². The minimum Gasteiger partial charge on any atom is -0.481 e. The number of carboxylic acids is 1. The van der Waals surface area contributed by atoms with Crippen molar-refractivity contribution < 1.29 is 9.90 Å². The molecule has 0 amide bonds. The van der Waals surface area contributed by atoms with Crippen molar-refractivity contribution in [2.24, 2.45) is 5.92 Å². The van der Waals surface area contributed by atoms with Gasteiger partial charge >= 0.3 is 5.97 Å². The maximum Gasteiger partial charge on any atom is 0.308 e. The highest BCUT2D eigenvalue weighted by molar-refractivity contribution is 6.30. The monoisotopic (exact) mass is 318 g/mol. The Balaban J connectivity index is 0.00000200. The Kier molecular flexibility index (Phi) is 5.41.